The smallest absolute Gasteiger partial charge is 0.331 e. The third-order valence-corrected chi connectivity index (χ3v) is 5.47. The molecule has 4 amide bonds. The van der Waals surface area contributed by atoms with Gasteiger partial charge in [-0.05, 0) is 42.0 Å². The number of nitrogens with zero attached hydrogens (tertiary/aromatic N) is 2. The maximum atomic E-state index is 13.3. The normalized spacial score (nSPS) is 15.5. The van der Waals surface area contributed by atoms with E-state index in [2.05, 4.69) is 5.32 Å². The molecule has 2 aromatic carbocycles. The molecule has 2 aromatic heterocycles. The van der Waals surface area contributed by atoms with E-state index in [1.807, 2.05) is 35.0 Å². The van der Waals surface area contributed by atoms with Crippen LogP contribution < -0.4 is 5.32 Å². The van der Waals surface area contributed by atoms with Gasteiger partial charge >= 0.3 is 6.03 Å². The summed E-state index contributed by atoms with van der Waals surface area (Å²) in [5, 5.41) is 3.05. The Morgan fingerprint density at radius 1 is 0.939 bits per heavy atom. The Labute approximate surface area is 187 Å². The summed E-state index contributed by atoms with van der Waals surface area (Å²) in [6.07, 6.45) is 4.76. The van der Waals surface area contributed by atoms with Crippen LogP contribution in [0.2, 0.25) is 0 Å². The summed E-state index contributed by atoms with van der Waals surface area (Å²) in [4.78, 5) is 38.7. The van der Waals surface area contributed by atoms with Crippen LogP contribution in [-0.2, 0) is 22.7 Å². The highest BCUT2D eigenvalue weighted by atomic mass is 19.1. The van der Waals surface area contributed by atoms with Gasteiger partial charge in [0.25, 0.3) is 11.8 Å². The number of furan rings is 1. The molecule has 0 radical (unpaired) electrons. The minimum absolute atomic E-state index is 0.0887. The van der Waals surface area contributed by atoms with Crippen LogP contribution in [0, 0.1) is 5.82 Å². The summed E-state index contributed by atoms with van der Waals surface area (Å²) in [6.45, 7) is 0.391. The highest BCUT2D eigenvalue weighted by Crippen LogP contribution is 2.26. The number of imide groups is 2. The molecule has 0 aliphatic carbocycles. The number of barbiturate groups is 1. The van der Waals surface area contributed by atoms with Crippen molar-refractivity contribution < 1.29 is 23.2 Å². The van der Waals surface area contributed by atoms with Crippen molar-refractivity contribution in [2.24, 2.45) is 0 Å². The number of amides is 4. The molecule has 1 fully saturated rings. The van der Waals surface area contributed by atoms with E-state index in [1.54, 1.807) is 24.3 Å². The minimum atomic E-state index is -0.794. The number of carbonyl (C=O) groups is 3. The van der Waals surface area contributed by atoms with Crippen LogP contribution in [0.15, 0.2) is 83.1 Å². The molecular formula is C25H18FN3O4. The first-order chi connectivity index (χ1) is 16.0. The number of hydrogen-bond donors (Lipinski definition) is 1. The highest BCUT2D eigenvalue weighted by Gasteiger charge is 2.36. The van der Waals surface area contributed by atoms with Gasteiger partial charge in [-0.3, -0.25) is 19.8 Å². The molecule has 1 saturated heterocycles. The zero-order chi connectivity index (χ0) is 22.9. The van der Waals surface area contributed by atoms with Gasteiger partial charge in [-0.25, -0.2) is 9.18 Å². The molecule has 0 saturated carbocycles. The average Bonchev–Trinajstić information content (AvgIpc) is 3.44. The summed E-state index contributed by atoms with van der Waals surface area (Å²) < 4.78 is 20.5. The summed E-state index contributed by atoms with van der Waals surface area (Å²) in [5.41, 5.74) is 2.29. The molecule has 164 valence electrons. The van der Waals surface area contributed by atoms with Crippen LogP contribution in [0.5, 0.6) is 0 Å². The van der Waals surface area contributed by atoms with Crippen molar-refractivity contribution in [1.29, 1.82) is 0 Å². The van der Waals surface area contributed by atoms with Gasteiger partial charge in [0.1, 0.15) is 17.2 Å². The first-order valence-corrected chi connectivity index (χ1v) is 10.2. The van der Waals surface area contributed by atoms with E-state index in [4.69, 9.17) is 4.42 Å². The number of nitrogens with one attached hydrogen (secondary N) is 1. The molecule has 7 nitrogen and oxygen atoms in total. The van der Waals surface area contributed by atoms with E-state index in [1.165, 1.54) is 24.5 Å². The zero-order valence-corrected chi connectivity index (χ0v) is 17.3. The van der Waals surface area contributed by atoms with Crippen molar-refractivity contribution in [2.75, 3.05) is 0 Å². The van der Waals surface area contributed by atoms with Crippen LogP contribution in [0.25, 0.3) is 17.0 Å². The summed E-state index contributed by atoms with van der Waals surface area (Å²) in [6, 6.07) is 16.3. The molecule has 3 heterocycles. The summed E-state index contributed by atoms with van der Waals surface area (Å²) in [5.74, 6) is -1.34. The number of hydrogen-bond acceptors (Lipinski definition) is 4. The predicted molar refractivity (Wildman–Crippen MR) is 118 cm³/mol. The van der Waals surface area contributed by atoms with Gasteiger partial charge < -0.3 is 8.98 Å². The SMILES string of the molecule is O=C1NC(=O)N(Cc2ccco2)C(=O)C1=Cc1cn(Cc2ccc(F)cc2)c2ccccc12. The van der Waals surface area contributed by atoms with Gasteiger partial charge in [0.2, 0.25) is 0 Å². The van der Waals surface area contributed by atoms with Crippen LogP contribution in [0.1, 0.15) is 16.9 Å². The van der Waals surface area contributed by atoms with Crippen LogP contribution in [0.3, 0.4) is 0 Å². The molecule has 0 spiro atoms. The monoisotopic (exact) mass is 443 g/mol. The van der Waals surface area contributed by atoms with E-state index in [-0.39, 0.29) is 17.9 Å². The molecule has 0 bridgehead atoms. The summed E-state index contributed by atoms with van der Waals surface area (Å²) in [7, 11) is 0. The number of benzene rings is 2. The van der Waals surface area contributed by atoms with Crippen molar-refractivity contribution in [2.45, 2.75) is 13.1 Å². The number of halogens is 1. The van der Waals surface area contributed by atoms with Crippen molar-refractivity contribution in [3.05, 3.63) is 101 Å². The second kappa shape index (κ2) is 8.23. The van der Waals surface area contributed by atoms with Crippen molar-refractivity contribution in [1.82, 2.24) is 14.8 Å². The standard InChI is InChI=1S/C25H18FN3O4/c26-18-9-7-16(8-10-18)13-28-14-17(20-5-1-2-6-22(20)28)12-21-23(30)27-25(32)29(24(21)31)15-19-4-3-11-33-19/h1-12,14H,13,15H2,(H,27,30,32). The molecule has 4 aromatic rings. The Balaban J connectivity index is 1.52. The molecular weight excluding hydrogens is 425 g/mol. The van der Waals surface area contributed by atoms with Gasteiger partial charge in [0, 0.05) is 29.2 Å². The quantitative estimate of drug-likeness (QED) is 0.372. The third-order valence-electron chi connectivity index (χ3n) is 5.47. The lowest BCUT2D eigenvalue weighted by molar-refractivity contribution is -0.130. The fraction of sp³-hybridized carbons (Fsp3) is 0.0800. The molecule has 5 rings (SSSR count). The Kier molecular flexibility index (Phi) is 5.10. The van der Waals surface area contributed by atoms with Crippen molar-refractivity contribution in [3.8, 4) is 0 Å². The fourth-order valence-corrected chi connectivity index (χ4v) is 3.86. The average molecular weight is 443 g/mol. The molecule has 1 aliphatic heterocycles. The van der Waals surface area contributed by atoms with Gasteiger partial charge in [0.15, 0.2) is 0 Å². The maximum absolute atomic E-state index is 13.3. The van der Waals surface area contributed by atoms with E-state index in [0.717, 1.165) is 21.4 Å². The van der Waals surface area contributed by atoms with Crippen LogP contribution >= 0.6 is 0 Å². The predicted octanol–water partition coefficient (Wildman–Crippen LogP) is 4.08. The molecule has 8 heteroatoms. The lowest BCUT2D eigenvalue weighted by Gasteiger charge is -2.25. The molecule has 1 N–H and O–H groups in total. The van der Waals surface area contributed by atoms with E-state index in [0.29, 0.717) is 17.9 Å². The fourth-order valence-electron chi connectivity index (χ4n) is 3.86. The molecule has 33 heavy (non-hydrogen) atoms. The van der Waals surface area contributed by atoms with Crippen molar-refractivity contribution in [3.63, 3.8) is 0 Å². The van der Waals surface area contributed by atoms with E-state index in [9.17, 15) is 18.8 Å². The molecule has 0 atom stereocenters. The Hall–Kier alpha value is -4.46. The van der Waals surface area contributed by atoms with Crippen LogP contribution in [-0.4, -0.2) is 27.3 Å². The number of fused-ring (bicyclic) bond motifs is 1. The van der Waals surface area contributed by atoms with E-state index < -0.39 is 17.8 Å². The van der Waals surface area contributed by atoms with E-state index >= 15 is 0 Å². The van der Waals surface area contributed by atoms with Gasteiger partial charge in [-0.1, -0.05) is 30.3 Å². The molecule has 1 aliphatic rings. The Morgan fingerprint density at radius 2 is 1.73 bits per heavy atom. The number of rotatable bonds is 5. The lowest BCUT2D eigenvalue weighted by Crippen LogP contribution is -2.53. The minimum Gasteiger partial charge on any atom is -0.467 e. The second-order valence-corrected chi connectivity index (χ2v) is 7.64. The third kappa shape index (κ3) is 3.94. The number of carbonyl (C=O) groups excluding carboxylic acids is 3. The van der Waals surface area contributed by atoms with Gasteiger partial charge in [-0.15, -0.1) is 0 Å². The second-order valence-electron chi connectivity index (χ2n) is 7.64. The summed E-state index contributed by atoms with van der Waals surface area (Å²) >= 11 is 0. The topological polar surface area (TPSA) is 84.6 Å². The Morgan fingerprint density at radius 3 is 2.48 bits per heavy atom. The van der Waals surface area contributed by atoms with Crippen molar-refractivity contribution >= 4 is 34.8 Å². The zero-order valence-electron chi connectivity index (χ0n) is 17.3. The Bertz CT molecular complexity index is 1400. The van der Waals surface area contributed by atoms with Gasteiger partial charge in [-0.2, -0.15) is 0 Å². The van der Waals surface area contributed by atoms with Crippen LogP contribution in [0.4, 0.5) is 9.18 Å². The number of aromatic nitrogens is 1. The molecule has 0 unspecified atom stereocenters. The largest absolute Gasteiger partial charge is 0.467 e. The maximum Gasteiger partial charge on any atom is 0.331 e. The first kappa shape index (κ1) is 20.4. The number of para-hydroxylation sites is 1. The number of urea groups is 1. The first-order valence-electron chi connectivity index (χ1n) is 10.2. The highest BCUT2D eigenvalue weighted by molar-refractivity contribution is 6.31. The lowest BCUT2D eigenvalue weighted by atomic mass is 10.1. The van der Waals surface area contributed by atoms with Gasteiger partial charge in [0.05, 0.1) is 12.8 Å².